The summed E-state index contributed by atoms with van der Waals surface area (Å²) in [4.78, 5) is 0. The third-order valence-corrected chi connectivity index (χ3v) is 6.15. The molecule has 0 aliphatic heterocycles. The van der Waals surface area contributed by atoms with Gasteiger partial charge < -0.3 is 5.73 Å². The second-order valence-electron chi connectivity index (χ2n) is 4.27. The Balaban J connectivity index is 2.73. The first-order chi connectivity index (χ1) is 6.50. The Morgan fingerprint density at radius 3 is 2.29 bits per heavy atom. The minimum absolute atomic E-state index is 0.116. The largest absolute Gasteiger partial charge is 0.327 e. The summed E-state index contributed by atoms with van der Waals surface area (Å²) in [7, 11) is -2.98. The van der Waals surface area contributed by atoms with Gasteiger partial charge in [0.1, 0.15) is 0 Å². The molecule has 1 aliphatic rings. The Morgan fingerprint density at radius 1 is 1.36 bits per heavy atom. The van der Waals surface area contributed by atoms with E-state index in [1.165, 1.54) is 0 Å². The SMILES string of the molecule is CCC(N)C(C)S(=O)(=O)C1CCCC1. The van der Waals surface area contributed by atoms with Crippen LogP contribution < -0.4 is 5.73 Å². The first-order valence-electron chi connectivity index (χ1n) is 5.48. The predicted molar refractivity (Wildman–Crippen MR) is 58.9 cm³/mol. The fraction of sp³-hybridized carbons (Fsp3) is 1.00. The summed E-state index contributed by atoms with van der Waals surface area (Å²) < 4.78 is 24.1. The summed E-state index contributed by atoms with van der Waals surface area (Å²) in [6.45, 7) is 3.69. The average Bonchev–Trinajstić information content (AvgIpc) is 2.68. The third-order valence-electron chi connectivity index (χ3n) is 3.36. The van der Waals surface area contributed by atoms with Crippen molar-refractivity contribution in [2.75, 3.05) is 0 Å². The van der Waals surface area contributed by atoms with Gasteiger partial charge in [0, 0.05) is 6.04 Å². The van der Waals surface area contributed by atoms with Crippen molar-refractivity contribution >= 4 is 9.84 Å². The van der Waals surface area contributed by atoms with Crippen LogP contribution in [-0.2, 0) is 9.84 Å². The molecule has 2 unspecified atom stereocenters. The molecular formula is C10H21NO2S. The van der Waals surface area contributed by atoms with Gasteiger partial charge in [-0.3, -0.25) is 0 Å². The average molecular weight is 219 g/mol. The molecule has 0 spiro atoms. The van der Waals surface area contributed by atoms with Crippen molar-refractivity contribution < 1.29 is 8.42 Å². The lowest BCUT2D eigenvalue weighted by atomic mass is 10.2. The highest BCUT2D eigenvalue weighted by molar-refractivity contribution is 7.92. The van der Waals surface area contributed by atoms with E-state index in [1.807, 2.05) is 6.92 Å². The van der Waals surface area contributed by atoms with Crippen molar-refractivity contribution in [3.8, 4) is 0 Å². The molecule has 0 amide bonds. The lowest BCUT2D eigenvalue weighted by molar-refractivity contribution is 0.538. The summed E-state index contributed by atoms with van der Waals surface area (Å²) in [5, 5.41) is -0.495. The molecule has 0 aromatic rings. The van der Waals surface area contributed by atoms with Crippen molar-refractivity contribution in [3.05, 3.63) is 0 Å². The highest BCUT2D eigenvalue weighted by Gasteiger charge is 2.35. The monoisotopic (exact) mass is 219 g/mol. The van der Waals surface area contributed by atoms with Crippen LogP contribution in [0.25, 0.3) is 0 Å². The number of rotatable bonds is 4. The van der Waals surface area contributed by atoms with E-state index in [4.69, 9.17) is 5.73 Å². The molecular weight excluding hydrogens is 198 g/mol. The molecule has 14 heavy (non-hydrogen) atoms. The molecule has 0 saturated heterocycles. The smallest absolute Gasteiger partial charge is 0.157 e. The molecule has 2 atom stereocenters. The number of hydrogen-bond acceptors (Lipinski definition) is 3. The molecule has 3 nitrogen and oxygen atoms in total. The Bertz CT molecular complexity index is 268. The summed E-state index contributed by atoms with van der Waals surface area (Å²) in [5.74, 6) is 0. The standard InChI is InChI=1S/C10H21NO2S/c1-3-10(11)8(2)14(12,13)9-6-4-5-7-9/h8-10H,3-7,11H2,1-2H3. The topological polar surface area (TPSA) is 60.2 Å². The van der Waals surface area contributed by atoms with Gasteiger partial charge >= 0.3 is 0 Å². The van der Waals surface area contributed by atoms with Crippen LogP contribution in [0.5, 0.6) is 0 Å². The summed E-state index contributed by atoms with van der Waals surface area (Å²) in [5.41, 5.74) is 5.79. The Hall–Kier alpha value is -0.0900. The molecule has 0 heterocycles. The van der Waals surface area contributed by atoms with Crippen LogP contribution in [0.15, 0.2) is 0 Å². The molecule has 0 aromatic carbocycles. The van der Waals surface area contributed by atoms with E-state index in [9.17, 15) is 8.42 Å². The Morgan fingerprint density at radius 2 is 1.86 bits per heavy atom. The summed E-state index contributed by atoms with van der Waals surface area (Å²) in [6, 6.07) is -0.208. The van der Waals surface area contributed by atoms with Gasteiger partial charge in [0.15, 0.2) is 9.84 Å². The van der Waals surface area contributed by atoms with Gasteiger partial charge in [-0.25, -0.2) is 8.42 Å². The van der Waals surface area contributed by atoms with Gasteiger partial charge in [-0.05, 0) is 26.2 Å². The van der Waals surface area contributed by atoms with Crippen LogP contribution in [0.4, 0.5) is 0 Å². The summed E-state index contributed by atoms with van der Waals surface area (Å²) in [6.07, 6.45) is 4.51. The molecule has 2 N–H and O–H groups in total. The van der Waals surface area contributed by atoms with Gasteiger partial charge in [-0.15, -0.1) is 0 Å². The van der Waals surface area contributed by atoms with Crippen LogP contribution in [0.2, 0.25) is 0 Å². The second-order valence-corrected chi connectivity index (χ2v) is 6.86. The van der Waals surface area contributed by atoms with Crippen molar-refractivity contribution in [3.63, 3.8) is 0 Å². The van der Waals surface area contributed by atoms with E-state index in [1.54, 1.807) is 6.92 Å². The molecule has 84 valence electrons. The minimum Gasteiger partial charge on any atom is -0.327 e. The Labute approximate surface area is 87.0 Å². The maximum Gasteiger partial charge on any atom is 0.157 e. The quantitative estimate of drug-likeness (QED) is 0.779. The highest BCUT2D eigenvalue weighted by Crippen LogP contribution is 2.28. The van der Waals surface area contributed by atoms with Gasteiger partial charge in [-0.2, -0.15) is 0 Å². The van der Waals surface area contributed by atoms with Crippen molar-refractivity contribution in [1.82, 2.24) is 0 Å². The van der Waals surface area contributed by atoms with Gasteiger partial charge in [0.05, 0.1) is 10.5 Å². The molecule has 0 aromatic heterocycles. The van der Waals surface area contributed by atoms with E-state index in [-0.39, 0.29) is 16.5 Å². The first-order valence-corrected chi connectivity index (χ1v) is 7.09. The normalized spacial score (nSPS) is 23.6. The van der Waals surface area contributed by atoms with Crippen LogP contribution in [-0.4, -0.2) is 25.0 Å². The number of hydrogen-bond donors (Lipinski definition) is 1. The molecule has 4 heteroatoms. The number of nitrogens with two attached hydrogens (primary N) is 1. The first kappa shape index (κ1) is 12.0. The molecule has 1 rings (SSSR count). The van der Waals surface area contributed by atoms with Crippen molar-refractivity contribution in [2.45, 2.75) is 62.5 Å². The maximum atomic E-state index is 12.1. The predicted octanol–water partition coefficient (Wildman–Crippen LogP) is 1.47. The van der Waals surface area contributed by atoms with E-state index in [2.05, 4.69) is 0 Å². The lowest BCUT2D eigenvalue weighted by Gasteiger charge is -2.22. The van der Waals surface area contributed by atoms with E-state index in [0.717, 1.165) is 32.1 Å². The zero-order valence-electron chi connectivity index (χ0n) is 9.07. The van der Waals surface area contributed by atoms with Crippen LogP contribution in [0.3, 0.4) is 0 Å². The zero-order valence-corrected chi connectivity index (χ0v) is 9.89. The fourth-order valence-corrected chi connectivity index (χ4v) is 4.37. The third kappa shape index (κ3) is 2.28. The maximum absolute atomic E-state index is 12.1. The minimum atomic E-state index is -2.98. The van der Waals surface area contributed by atoms with E-state index in [0.29, 0.717) is 0 Å². The van der Waals surface area contributed by atoms with E-state index < -0.39 is 9.84 Å². The molecule has 1 saturated carbocycles. The fourth-order valence-electron chi connectivity index (χ4n) is 2.10. The van der Waals surface area contributed by atoms with Crippen LogP contribution in [0, 0.1) is 0 Å². The van der Waals surface area contributed by atoms with Crippen molar-refractivity contribution in [2.24, 2.45) is 5.73 Å². The van der Waals surface area contributed by atoms with Crippen molar-refractivity contribution in [1.29, 1.82) is 0 Å². The second kappa shape index (κ2) is 4.62. The molecule has 1 fully saturated rings. The Kier molecular flexibility index (Phi) is 3.95. The molecule has 1 aliphatic carbocycles. The van der Waals surface area contributed by atoms with Crippen LogP contribution in [0.1, 0.15) is 46.0 Å². The molecule has 0 bridgehead atoms. The van der Waals surface area contributed by atoms with Crippen LogP contribution >= 0.6 is 0 Å². The van der Waals surface area contributed by atoms with Gasteiger partial charge in [0.2, 0.25) is 0 Å². The van der Waals surface area contributed by atoms with Gasteiger partial charge in [-0.1, -0.05) is 19.8 Å². The van der Waals surface area contributed by atoms with E-state index >= 15 is 0 Å². The lowest BCUT2D eigenvalue weighted by Crippen LogP contribution is -2.41. The summed E-state index contributed by atoms with van der Waals surface area (Å²) >= 11 is 0. The zero-order chi connectivity index (χ0) is 10.8. The highest BCUT2D eigenvalue weighted by atomic mass is 32.2. The molecule has 0 radical (unpaired) electrons. The van der Waals surface area contributed by atoms with Gasteiger partial charge in [0.25, 0.3) is 0 Å². The number of sulfone groups is 1.